The Hall–Kier alpha value is -1.92. The summed E-state index contributed by atoms with van der Waals surface area (Å²) in [5.41, 5.74) is 0.681. The number of sulfonamides is 1. The van der Waals surface area contributed by atoms with Gasteiger partial charge in [-0.05, 0) is 25.0 Å². The number of carbonyl (C=O) groups is 1. The topological polar surface area (TPSA) is 97.8 Å². The van der Waals surface area contributed by atoms with E-state index < -0.39 is 15.9 Å². The van der Waals surface area contributed by atoms with Crippen LogP contribution in [0.4, 0.5) is 5.13 Å². The van der Waals surface area contributed by atoms with Crippen LogP contribution in [0.5, 0.6) is 11.5 Å². The summed E-state index contributed by atoms with van der Waals surface area (Å²) in [6.07, 6.45) is 1.21. The molecule has 1 N–H and O–H groups in total. The molecular weight excluding hydrogens is 482 g/mol. The molecule has 8 nitrogen and oxygen atoms in total. The molecule has 1 aromatic carbocycles. The second-order valence-corrected chi connectivity index (χ2v) is 11.9. The molecule has 1 unspecified atom stereocenters. The number of thiazole rings is 1. The highest BCUT2D eigenvalue weighted by Gasteiger charge is 2.34. The molecule has 0 aliphatic carbocycles. The molecule has 166 valence electrons. The summed E-state index contributed by atoms with van der Waals surface area (Å²) in [6, 6.07) is 6.62. The minimum Gasteiger partial charge on any atom is -0.493 e. The second kappa shape index (κ2) is 8.91. The number of benzene rings is 1. The molecule has 2 aromatic heterocycles. The minimum atomic E-state index is -3.67. The molecule has 1 saturated heterocycles. The largest absolute Gasteiger partial charge is 0.493 e. The van der Waals surface area contributed by atoms with Gasteiger partial charge in [0.1, 0.15) is 4.21 Å². The first kappa shape index (κ1) is 22.3. The van der Waals surface area contributed by atoms with Gasteiger partial charge in [0.25, 0.3) is 10.0 Å². The van der Waals surface area contributed by atoms with Gasteiger partial charge in [0.05, 0.1) is 34.7 Å². The first-order valence-electron chi connectivity index (χ1n) is 9.40. The standard InChI is InChI=1S/C19H20ClN3O5S3/c1-27-13-8-12-15(9-14(13)28-2)29-19(21-12)22-18(24)11-4-3-7-23(10-11)31(25,26)17-6-5-16(20)30-17/h5-6,8-9,11H,3-4,7,10H2,1-2H3,(H,21,22,24). The zero-order valence-electron chi connectivity index (χ0n) is 16.8. The van der Waals surface area contributed by atoms with Crippen LogP contribution in [0, 0.1) is 5.92 Å². The number of thiophene rings is 1. The molecule has 1 aliphatic rings. The lowest BCUT2D eigenvalue weighted by Crippen LogP contribution is -2.43. The molecule has 1 fully saturated rings. The summed E-state index contributed by atoms with van der Waals surface area (Å²) in [4.78, 5) is 17.3. The van der Waals surface area contributed by atoms with Crippen molar-refractivity contribution in [1.82, 2.24) is 9.29 Å². The summed E-state index contributed by atoms with van der Waals surface area (Å²) < 4.78 is 39.2. The Morgan fingerprint density at radius 1 is 1.23 bits per heavy atom. The average molecular weight is 502 g/mol. The number of aromatic nitrogens is 1. The van der Waals surface area contributed by atoms with E-state index in [9.17, 15) is 13.2 Å². The lowest BCUT2D eigenvalue weighted by Gasteiger charge is -2.30. The van der Waals surface area contributed by atoms with Crippen LogP contribution < -0.4 is 14.8 Å². The van der Waals surface area contributed by atoms with Crippen LogP contribution in [0.3, 0.4) is 0 Å². The van der Waals surface area contributed by atoms with E-state index in [2.05, 4.69) is 10.3 Å². The number of anilines is 1. The summed E-state index contributed by atoms with van der Waals surface area (Å²) >= 11 is 8.23. The molecule has 12 heteroatoms. The fourth-order valence-electron chi connectivity index (χ4n) is 3.45. The number of fused-ring (bicyclic) bond motifs is 1. The molecule has 3 heterocycles. The Morgan fingerprint density at radius 2 is 1.97 bits per heavy atom. The fourth-order valence-corrected chi connectivity index (χ4v) is 7.49. The van der Waals surface area contributed by atoms with Crippen LogP contribution in [-0.4, -0.2) is 50.9 Å². The van der Waals surface area contributed by atoms with Gasteiger partial charge in [-0.25, -0.2) is 13.4 Å². The summed E-state index contributed by atoms with van der Waals surface area (Å²) in [5.74, 6) is 0.426. The van der Waals surface area contributed by atoms with Crippen molar-refractivity contribution in [1.29, 1.82) is 0 Å². The molecule has 31 heavy (non-hydrogen) atoms. The zero-order chi connectivity index (χ0) is 22.2. The Bertz CT molecular complexity index is 1180. The predicted molar refractivity (Wildman–Crippen MR) is 122 cm³/mol. The average Bonchev–Trinajstić information content (AvgIpc) is 3.38. The van der Waals surface area contributed by atoms with Gasteiger partial charge in [-0.1, -0.05) is 22.9 Å². The smallest absolute Gasteiger partial charge is 0.252 e. The van der Waals surface area contributed by atoms with Crippen LogP contribution in [0.1, 0.15) is 12.8 Å². The minimum absolute atomic E-state index is 0.121. The van der Waals surface area contributed by atoms with Crippen molar-refractivity contribution in [2.45, 2.75) is 17.1 Å². The van der Waals surface area contributed by atoms with Crippen molar-refractivity contribution in [3.63, 3.8) is 0 Å². The molecule has 4 rings (SSSR count). The van der Waals surface area contributed by atoms with Gasteiger partial charge in [-0.3, -0.25) is 4.79 Å². The van der Waals surface area contributed by atoms with Crippen molar-refractivity contribution in [2.75, 3.05) is 32.6 Å². The molecule has 1 atom stereocenters. The predicted octanol–water partition coefficient (Wildman–Crippen LogP) is 4.07. The van der Waals surface area contributed by atoms with Gasteiger partial charge < -0.3 is 14.8 Å². The number of piperidine rings is 1. The number of nitrogens with one attached hydrogen (secondary N) is 1. The Morgan fingerprint density at radius 3 is 2.65 bits per heavy atom. The van der Waals surface area contributed by atoms with Crippen LogP contribution in [0.2, 0.25) is 4.34 Å². The summed E-state index contributed by atoms with van der Waals surface area (Å²) in [7, 11) is -0.566. The number of methoxy groups -OCH3 is 2. The number of amides is 1. The van der Waals surface area contributed by atoms with Gasteiger partial charge in [0, 0.05) is 25.2 Å². The first-order chi connectivity index (χ1) is 14.8. The van der Waals surface area contributed by atoms with Crippen molar-refractivity contribution in [3.05, 3.63) is 28.6 Å². The van der Waals surface area contributed by atoms with Gasteiger partial charge in [-0.2, -0.15) is 4.31 Å². The molecule has 1 amide bonds. The number of rotatable bonds is 6. The number of hydrogen-bond acceptors (Lipinski definition) is 8. The third-order valence-electron chi connectivity index (χ3n) is 5.02. The van der Waals surface area contributed by atoms with Gasteiger partial charge in [0.15, 0.2) is 16.6 Å². The number of halogens is 1. The van der Waals surface area contributed by atoms with E-state index in [1.54, 1.807) is 26.4 Å². The molecule has 0 spiro atoms. The number of hydrogen-bond donors (Lipinski definition) is 1. The highest BCUT2D eigenvalue weighted by atomic mass is 35.5. The van der Waals surface area contributed by atoms with Gasteiger partial charge in [0.2, 0.25) is 5.91 Å². The van der Waals surface area contributed by atoms with E-state index in [1.165, 1.54) is 21.7 Å². The van der Waals surface area contributed by atoms with Gasteiger partial charge >= 0.3 is 0 Å². The molecule has 0 saturated carbocycles. The van der Waals surface area contributed by atoms with E-state index >= 15 is 0 Å². The summed E-state index contributed by atoms with van der Waals surface area (Å²) in [6.45, 7) is 0.499. The number of ether oxygens (including phenoxy) is 2. The zero-order valence-corrected chi connectivity index (χ0v) is 20.0. The van der Waals surface area contributed by atoms with Crippen molar-refractivity contribution in [2.24, 2.45) is 5.92 Å². The maximum Gasteiger partial charge on any atom is 0.252 e. The Labute approximate surface area is 192 Å². The van der Waals surface area contributed by atoms with E-state index in [1.807, 2.05) is 6.07 Å². The Balaban J connectivity index is 1.49. The number of nitrogens with zero attached hydrogens (tertiary/aromatic N) is 2. The SMILES string of the molecule is COc1cc2nc(NC(=O)C3CCCN(S(=O)(=O)c4ccc(Cl)s4)C3)sc2cc1OC. The van der Waals surface area contributed by atoms with Crippen LogP contribution in [-0.2, 0) is 14.8 Å². The monoisotopic (exact) mass is 501 g/mol. The molecular formula is C19H20ClN3O5S3. The van der Waals surface area contributed by atoms with E-state index in [-0.39, 0.29) is 16.7 Å². The second-order valence-electron chi connectivity index (χ2n) is 6.94. The van der Waals surface area contributed by atoms with Crippen LogP contribution >= 0.6 is 34.3 Å². The maximum absolute atomic E-state index is 12.9. The fraction of sp³-hybridized carbons (Fsp3) is 0.368. The lowest BCUT2D eigenvalue weighted by molar-refractivity contribution is -0.120. The van der Waals surface area contributed by atoms with Crippen molar-refractivity contribution >= 4 is 65.6 Å². The highest BCUT2D eigenvalue weighted by Crippen LogP contribution is 2.36. The van der Waals surface area contributed by atoms with Crippen LogP contribution in [0.25, 0.3) is 10.2 Å². The highest BCUT2D eigenvalue weighted by molar-refractivity contribution is 7.91. The van der Waals surface area contributed by atoms with E-state index in [4.69, 9.17) is 21.1 Å². The summed E-state index contributed by atoms with van der Waals surface area (Å²) in [5, 5.41) is 3.28. The molecule has 0 radical (unpaired) electrons. The first-order valence-corrected chi connectivity index (χ1v) is 12.9. The Kier molecular flexibility index (Phi) is 6.40. The lowest BCUT2D eigenvalue weighted by atomic mass is 9.99. The maximum atomic E-state index is 12.9. The third kappa shape index (κ3) is 4.51. The third-order valence-corrected chi connectivity index (χ3v) is 9.52. The van der Waals surface area contributed by atoms with E-state index in [0.29, 0.717) is 45.9 Å². The van der Waals surface area contributed by atoms with Crippen molar-refractivity contribution in [3.8, 4) is 11.5 Å². The quantitative estimate of drug-likeness (QED) is 0.546. The van der Waals surface area contributed by atoms with Gasteiger partial charge in [-0.15, -0.1) is 11.3 Å². The van der Waals surface area contributed by atoms with Crippen molar-refractivity contribution < 1.29 is 22.7 Å². The molecule has 1 aliphatic heterocycles. The number of carbonyl (C=O) groups excluding carboxylic acids is 1. The van der Waals surface area contributed by atoms with Crippen LogP contribution in [0.15, 0.2) is 28.5 Å². The normalized spacial score (nSPS) is 17.6. The van der Waals surface area contributed by atoms with E-state index in [0.717, 1.165) is 16.0 Å². The molecule has 3 aromatic rings. The molecule has 0 bridgehead atoms.